The molecule has 1 aliphatic heterocycles. The molecule has 3 atom stereocenters. The predicted molar refractivity (Wildman–Crippen MR) is 155 cm³/mol. The predicted octanol–water partition coefficient (Wildman–Crippen LogP) is 4.87. The Morgan fingerprint density at radius 1 is 0.974 bits per heavy atom. The smallest absolute Gasteiger partial charge is 0.248 e. The second-order valence-electron chi connectivity index (χ2n) is 12.1. The third kappa shape index (κ3) is 6.47. The fourth-order valence-electron chi connectivity index (χ4n) is 7.40. The summed E-state index contributed by atoms with van der Waals surface area (Å²) in [4.78, 5) is 24.5. The summed E-state index contributed by atoms with van der Waals surface area (Å²) in [5.41, 5.74) is 5.30. The van der Waals surface area contributed by atoms with Crippen LogP contribution in [0.15, 0.2) is 53.0 Å². The SMILES string of the molecule is CN(CCCCCCCCN(C)Cc1ccccn1)CC1=CC2Cc3[nH]c(=O)ccc3C3(C1)NCCCC23. The second kappa shape index (κ2) is 12.7. The van der Waals surface area contributed by atoms with Crippen molar-refractivity contribution in [2.75, 3.05) is 40.3 Å². The molecule has 3 unspecified atom stereocenters. The molecule has 6 heteroatoms. The highest BCUT2D eigenvalue weighted by Gasteiger charge is 2.51. The summed E-state index contributed by atoms with van der Waals surface area (Å²) >= 11 is 0. The molecule has 1 saturated heterocycles. The van der Waals surface area contributed by atoms with Gasteiger partial charge in [-0.2, -0.15) is 0 Å². The van der Waals surface area contributed by atoms with Crippen LogP contribution < -0.4 is 10.9 Å². The Kier molecular flexibility index (Phi) is 9.13. The van der Waals surface area contributed by atoms with Crippen LogP contribution in [0.3, 0.4) is 0 Å². The zero-order chi connectivity index (χ0) is 26.4. The van der Waals surface area contributed by atoms with Crippen molar-refractivity contribution in [1.82, 2.24) is 25.1 Å². The van der Waals surface area contributed by atoms with Gasteiger partial charge in [-0.1, -0.05) is 43.4 Å². The van der Waals surface area contributed by atoms with Crippen LogP contribution in [0, 0.1) is 11.8 Å². The first-order valence-corrected chi connectivity index (χ1v) is 15.0. The monoisotopic (exact) mass is 517 g/mol. The number of hydrogen-bond donors (Lipinski definition) is 2. The summed E-state index contributed by atoms with van der Waals surface area (Å²) in [6, 6.07) is 9.99. The largest absolute Gasteiger partial charge is 0.326 e. The molecule has 0 amide bonds. The van der Waals surface area contributed by atoms with Gasteiger partial charge < -0.3 is 20.1 Å². The number of pyridine rings is 2. The quantitative estimate of drug-likeness (QED) is 0.293. The zero-order valence-electron chi connectivity index (χ0n) is 23.6. The first kappa shape index (κ1) is 27.3. The molecule has 2 bridgehead atoms. The number of aromatic amines is 1. The minimum Gasteiger partial charge on any atom is -0.326 e. The molecule has 5 rings (SSSR count). The van der Waals surface area contributed by atoms with E-state index in [-0.39, 0.29) is 11.1 Å². The molecule has 206 valence electrons. The number of unbranched alkanes of at least 4 members (excludes halogenated alkanes) is 5. The lowest BCUT2D eigenvalue weighted by atomic mass is 9.57. The van der Waals surface area contributed by atoms with Gasteiger partial charge in [0.15, 0.2) is 0 Å². The minimum absolute atomic E-state index is 0.0112. The number of hydrogen-bond acceptors (Lipinski definition) is 5. The molecule has 1 fully saturated rings. The van der Waals surface area contributed by atoms with E-state index in [0.717, 1.165) is 50.4 Å². The fraction of sp³-hybridized carbons (Fsp3) is 0.625. The minimum atomic E-state index is 0.0112. The average molecular weight is 518 g/mol. The highest BCUT2D eigenvalue weighted by atomic mass is 16.1. The summed E-state index contributed by atoms with van der Waals surface area (Å²) in [5, 5.41) is 3.95. The molecule has 0 radical (unpaired) electrons. The third-order valence-electron chi connectivity index (χ3n) is 9.12. The summed E-state index contributed by atoms with van der Waals surface area (Å²) in [6.07, 6.45) is 16.9. The standard InChI is InChI=1S/C32H47N5O/c1-36(18-9-5-3-4-6-10-19-37(2)24-27-12-7-8-16-33-27)23-25-20-26-21-30-29(14-15-31(38)35-30)32(22-25)28(26)13-11-17-34-32/h7-8,12,14-16,20,26,28,34H,3-6,9-11,13,17-19,21-24H2,1-2H3,(H,35,38). The Bertz CT molecular complexity index is 1130. The molecule has 0 saturated carbocycles. The number of fused-ring (bicyclic) bond motifs is 1. The Morgan fingerprint density at radius 3 is 2.50 bits per heavy atom. The van der Waals surface area contributed by atoms with E-state index in [1.807, 2.05) is 12.3 Å². The van der Waals surface area contributed by atoms with E-state index in [1.54, 1.807) is 11.6 Å². The molecule has 38 heavy (non-hydrogen) atoms. The maximum absolute atomic E-state index is 12.0. The van der Waals surface area contributed by atoms with Crippen molar-refractivity contribution >= 4 is 0 Å². The number of piperidine rings is 1. The molecule has 0 aromatic carbocycles. The molecule has 2 aliphatic carbocycles. The van der Waals surface area contributed by atoms with Gasteiger partial charge in [-0.15, -0.1) is 0 Å². The van der Waals surface area contributed by atoms with Crippen molar-refractivity contribution in [1.29, 1.82) is 0 Å². The lowest BCUT2D eigenvalue weighted by Crippen LogP contribution is -2.59. The maximum atomic E-state index is 12.0. The number of rotatable bonds is 13. The lowest BCUT2D eigenvalue weighted by Gasteiger charge is -2.55. The van der Waals surface area contributed by atoms with Crippen LogP contribution in [0.1, 0.15) is 74.7 Å². The van der Waals surface area contributed by atoms with Gasteiger partial charge in [-0.25, -0.2) is 0 Å². The summed E-state index contributed by atoms with van der Waals surface area (Å²) < 4.78 is 0. The average Bonchev–Trinajstić information content (AvgIpc) is 2.90. The van der Waals surface area contributed by atoms with Gasteiger partial charge in [-0.05, 0) is 108 Å². The molecule has 2 N–H and O–H groups in total. The fourth-order valence-corrected chi connectivity index (χ4v) is 7.40. The molecule has 0 spiro atoms. The zero-order valence-corrected chi connectivity index (χ0v) is 23.6. The lowest BCUT2D eigenvalue weighted by molar-refractivity contribution is 0.0853. The van der Waals surface area contributed by atoms with E-state index in [2.05, 4.69) is 63.5 Å². The van der Waals surface area contributed by atoms with E-state index in [9.17, 15) is 4.79 Å². The van der Waals surface area contributed by atoms with Gasteiger partial charge in [0, 0.05) is 31.0 Å². The summed E-state index contributed by atoms with van der Waals surface area (Å²) in [6.45, 7) is 5.39. The Hall–Kier alpha value is -2.28. The molecule has 3 heterocycles. The van der Waals surface area contributed by atoms with Crippen LogP contribution in [0.4, 0.5) is 0 Å². The number of aromatic nitrogens is 2. The van der Waals surface area contributed by atoms with Crippen LogP contribution in [0.2, 0.25) is 0 Å². The Balaban J connectivity index is 1.01. The highest BCUT2D eigenvalue weighted by Crippen LogP contribution is 2.52. The number of nitrogens with one attached hydrogen (secondary N) is 2. The van der Waals surface area contributed by atoms with E-state index in [4.69, 9.17) is 0 Å². The van der Waals surface area contributed by atoms with Gasteiger partial charge in [0.2, 0.25) is 5.56 Å². The van der Waals surface area contributed by atoms with Gasteiger partial charge in [0.25, 0.3) is 0 Å². The number of likely N-dealkylation sites (N-methyl/N-ethyl adjacent to an activating group) is 1. The van der Waals surface area contributed by atoms with E-state index >= 15 is 0 Å². The van der Waals surface area contributed by atoms with E-state index in [0.29, 0.717) is 11.8 Å². The highest BCUT2D eigenvalue weighted by molar-refractivity contribution is 5.40. The Labute approximate surface area is 228 Å². The van der Waals surface area contributed by atoms with Gasteiger partial charge in [-0.3, -0.25) is 9.78 Å². The normalized spacial score (nSPS) is 24.3. The van der Waals surface area contributed by atoms with Gasteiger partial charge in [0.1, 0.15) is 0 Å². The van der Waals surface area contributed by atoms with Crippen molar-refractivity contribution in [2.45, 2.75) is 76.3 Å². The van der Waals surface area contributed by atoms with E-state index < -0.39 is 0 Å². The number of H-pyrrole nitrogens is 1. The van der Waals surface area contributed by atoms with Crippen molar-refractivity contribution in [3.8, 4) is 0 Å². The molecule has 2 aromatic rings. The second-order valence-corrected chi connectivity index (χ2v) is 12.1. The third-order valence-corrected chi connectivity index (χ3v) is 9.12. The van der Waals surface area contributed by atoms with Crippen LogP contribution in [-0.2, 0) is 18.5 Å². The first-order valence-electron chi connectivity index (χ1n) is 15.0. The van der Waals surface area contributed by atoms with Crippen LogP contribution in [-0.4, -0.2) is 60.0 Å². The number of nitrogens with zero attached hydrogens (tertiary/aromatic N) is 3. The molecular formula is C32H47N5O. The molecular weight excluding hydrogens is 470 g/mol. The maximum Gasteiger partial charge on any atom is 0.248 e. The van der Waals surface area contributed by atoms with Crippen LogP contribution in [0.25, 0.3) is 0 Å². The number of allylic oxidation sites excluding steroid dienone is 1. The molecule has 2 aromatic heterocycles. The van der Waals surface area contributed by atoms with Crippen molar-refractivity contribution in [2.24, 2.45) is 11.8 Å². The van der Waals surface area contributed by atoms with Gasteiger partial charge in [0.05, 0.1) is 11.2 Å². The Morgan fingerprint density at radius 2 is 1.74 bits per heavy atom. The molecule has 6 nitrogen and oxygen atoms in total. The first-order chi connectivity index (χ1) is 18.5. The van der Waals surface area contributed by atoms with Crippen LogP contribution in [0.5, 0.6) is 0 Å². The van der Waals surface area contributed by atoms with Crippen LogP contribution >= 0.6 is 0 Å². The summed E-state index contributed by atoms with van der Waals surface area (Å²) in [7, 11) is 4.49. The van der Waals surface area contributed by atoms with E-state index in [1.165, 1.54) is 63.5 Å². The van der Waals surface area contributed by atoms with Crippen molar-refractivity contribution < 1.29 is 0 Å². The molecule has 3 aliphatic rings. The topological polar surface area (TPSA) is 64.3 Å². The summed E-state index contributed by atoms with van der Waals surface area (Å²) in [5.74, 6) is 1.19. The van der Waals surface area contributed by atoms with Crippen molar-refractivity contribution in [3.05, 3.63) is 75.5 Å². The van der Waals surface area contributed by atoms with Gasteiger partial charge >= 0.3 is 0 Å². The van der Waals surface area contributed by atoms with Crippen molar-refractivity contribution in [3.63, 3.8) is 0 Å².